The Hall–Kier alpha value is -1.66. The van der Waals surface area contributed by atoms with Gasteiger partial charge in [0.25, 0.3) is 11.6 Å². The number of pyridine rings is 1. The topological polar surface area (TPSA) is 94.0 Å². The molecule has 0 aliphatic heterocycles. The lowest BCUT2D eigenvalue weighted by Crippen LogP contribution is -2.53. The first-order valence-corrected chi connectivity index (χ1v) is 9.34. The first-order chi connectivity index (χ1) is 12.0. The number of halogens is 1. The summed E-state index contributed by atoms with van der Waals surface area (Å²) >= 11 is 0. The highest BCUT2D eigenvalue weighted by atomic mass is 35.5. The van der Waals surface area contributed by atoms with E-state index in [1.165, 1.54) is 6.42 Å². The van der Waals surface area contributed by atoms with Gasteiger partial charge < -0.3 is 15.6 Å². The molecule has 2 unspecified atom stereocenters. The molecular weight excluding hydrogens is 352 g/mol. The van der Waals surface area contributed by atoms with Gasteiger partial charge in [-0.25, -0.2) is 4.98 Å². The van der Waals surface area contributed by atoms with Crippen LogP contribution in [-0.2, 0) is 0 Å². The lowest BCUT2D eigenvalue weighted by atomic mass is 9.67. The number of fused-ring (bicyclic) bond motifs is 3. The van der Waals surface area contributed by atoms with Gasteiger partial charge in [-0.2, -0.15) is 0 Å². The second-order valence-electron chi connectivity index (χ2n) is 7.98. The van der Waals surface area contributed by atoms with Gasteiger partial charge in [0.2, 0.25) is 0 Å². The van der Waals surface area contributed by atoms with Crippen molar-refractivity contribution < 1.29 is 9.32 Å². The molecule has 2 heterocycles. The van der Waals surface area contributed by atoms with Crippen molar-refractivity contribution in [1.82, 2.24) is 15.5 Å². The van der Waals surface area contributed by atoms with E-state index in [1.54, 1.807) is 6.20 Å². The van der Waals surface area contributed by atoms with Gasteiger partial charge in [0.05, 0.1) is 16.6 Å². The lowest BCUT2D eigenvalue weighted by molar-refractivity contribution is 0.0756. The molecule has 2 bridgehead atoms. The highest BCUT2D eigenvalue weighted by Crippen LogP contribution is 2.39. The average molecular weight is 379 g/mol. The maximum atomic E-state index is 12.8. The van der Waals surface area contributed by atoms with E-state index in [2.05, 4.69) is 29.3 Å². The fourth-order valence-electron chi connectivity index (χ4n) is 4.65. The number of amides is 1. The van der Waals surface area contributed by atoms with Gasteiger partial charge >= 0.3 is 0 Å². The zero-order chi connectivity index (χ0) is 17.6. The SMILES string of the molecule is CC(C)c1noc2ncc(C(=O)NC3C4CCCC3CC(N)C4)cc12.Cl. The summed E-state index contributed by atoms with van der Waals surface area (Å²) in [6.07, 6.45) is 7.19. The first kappa shape index (κ1) is 19.1. The van der Waals surface area contributed by atoms with E-state index in [1.807, 2.05) is 6.07 Å². The largest absolute Gasteiger partial charge is 0.349 e. The minimum absolute atomic E-state index is 0. The van der Waals surface area contributed by atoms with Crippen molar-refractivity contribution >= 4 is 29.4 Å². The van der Waals surface area contributed by atoms with Crippen molar-refractivity contribution in [3.63, 3.8) is 0 Å². The molecule has 2 atom stereocenters. The normalized spacial score (nSPS) is 28.0. The molecule has 2 aliphatic rings. The van der Waals surface area contributed by atoms with Crippen LogP contribution in [0.2, 0.25) is 0 Å². The molecule has 2 saturated carbocycles. The third kappa shape index (κ3) is 3.45. The molecule has 2 fully saturated rings. The molecule has 2 aromatic rings. The summed E-state index contributed by atoms with van der Waals surface area (Å²) in [5.74, 6) is 1.18. The fourth-order valence-corrected chi connectivity index (χ4v) is 4.65. The van der Waals surface area contributed by atoms with E-state index in [-0.39, 0.29) is 36.3 Å². The number of aromatic nitrogens is 2. The van der Waals surface area contributed by atoms with Crippen molar-refractivity contribution in [2.45, 2.75) is 64.0 Å². The predicted molar refractivity (Wildman–Crippen MR) is 102 cm³/mol. The summed E-state index contributed by atoms with van der Waals surface area (Å²) in [6, 6.07) is 2.38. The Bertz CT molecular complexity index is 777. The van der Waals surface area contributed by atoms with Crippen LogP contribution in [-0.4, -0.2) is 28.1 Å². The van der Waals surface area contributed by atoms with Crippen LogP contribution in [0.5, 0.6) is 0 Å². The van der Waals surface area contributed by atoms with Crippen molar-refractivity contribution in [2.75, 3.05) is 0 Å². The Balaban J connectivity index is 0.00000196. The average Bonchev–Trinajstić information content (AvgIpc) is 2.99. The van der Waals surface area contributed by atoms with Crippen molar-refractivity contribution in [2.24, 2.45) is 17.6 Å². The second kappa shape index (κ2) is 7.53. The summed E-state index contributed by atoms with van der Waals surface area (Å²) < 4.78 is 5.26. The van der Waals surface area contributed by atoms with E-state index >= 15 is 0 Å². The Kier molecular flexibility index (Phi) is 5.53. The molecule has 0 saturated heterocycles. The molecule has 4 rings (SSSR count). The van der Waals surface area contributed by atoms with Gasteiger partial charge in [-0.05, 0) is 49.5 Å². The summed E-state index contributed by atoms with van der Waals surface area (Å²) in [5.41, 5.74) is 8.09. The summed E-state index contributed by atoms with van der Waals surface area (Å²) in [6.45, 7) is 4.10. The Morgan fingerprint density at radius 3 is 2.65 bits per heavy atom. The number of nitrogens with two attached hydrogens (primary N) is 1. The van der Waals surface area contributed by atoms with E-state index in [0.717, 1.165) is 36.8 Å². The first-order valence-electron chi connectivity index (χ1n) is 9.34. The van der Waals surface area contributed by atoms with E-state index in [9.17, 15) is 4.79 Å². The molecule has 26 heavy (non-hydrogen) atoms. The molecule has 6 nitrogen and oxygen atoms in total. The predicted octanol–water partition coefficient (Wildman–Crippen LogP) is 3.40. The van der Waals surface area contributed by atoms with Crippen LogP contribution in [0, 0.1) is 11.8 Å². The number of hydrogen-bond donors (Lipinski definition) is 2. The van der Waals surface area contributed by atoms with E-state index in [0.29, 0.717) is 23.1 Å². The summed E-state index contributed by atoms with van der Waals surface area (Å²) in [7, 11) is 0. The number of rotatable bonds is 3. The zero-order valence-corrected chi connectivity index (χ0v) is 16.1. The molecule has 142 valence electrons. The molecule has 2 aliphatic carbocycles. The lowest BCUT2D eigenvalue weighted by Gasteiger charge is -2.45. The maximum Gasteiger partial charge on any atom is 0.257 e. The highest BCUT2D eigenvalue weighted by molar-refractivity contribution is 5.97. The van der Waals surface area contributed by atoms with Crippen LogP contribution in [0.25, 0.3) is 11.1 Å². The van der Waals surface area contributed by atoms with Crippen LogP contribution < -0.4 is 11.1 Å². The number of carbonyl (C=O) groups excluding carboxylic acids is 1. The third-order valence-electron chi connectivity index (χ3n) is 5.84. The summed E-state index contributed by atoms with van der Waals surface area (Å²) in [5, 5.41) is 8.19. The molecule has 7 heteroatoms. The smallest absolute Gasteiger partial charge is 0.257 e. The van der Waals surface area contributed by atoms with Crippen LogP contribution in [0.1, 0.15) is 67.9 Å². The third-order valence-corrected chi connectivity index (χ3v) is 5.84. The quantitative estimate of drug-likeness (QED) is 0.853. The van der Waals surface area contributed by atoms with Gasteiger partial charge in [-0.15, -0.1) is 12.4 Å². The standard InChI is InChI=1S/C19H26N4O2.ClH/c1-10(2)16-15-8-13(9-21-19(15)25-23-16)18(24)22-17-11-4-3-5-12(17)7-14(20)6-11;/h8-12,14,17H,3-7,20H2,1-2H3,(H,22,24);1H. The van der Waals surface area contributed by atoms with E-state index in [4.69, 9.17) is 10.3 Å². The summed E-state index contributed by atoms with van der Waals surface area (Å²) in [4.78, 5) is 17.1. The van der Waals surface area contributed by atoms with E-state index < -0.39 is 0 Å². The molecule has 0 radical (unpaired) electrons. The number of nitrogens with one attached hydrogen (secondary N) is 1. The molecule has 0 aromatic carbocycles. The van der Waals surface area contributed by atoms with Gasteiger partial charge in [0.1, 0.15) is 0 Å². The Morgan fingerprint density at radius 1 is 1.31 bits per heavy atom. The van der Waals surface area contributed by atoms with Crippen molar-refractivity contribution in [3.8, 4) is 0 Å². The monoisotopic (exact) mass is 378 g/mol. The zero-order valence-electron chi connectivity index (χ0n) is 15.3. The van der Waals surface area contributed by atoms with Gasteiger partial charge in [0.15, 0.2) is 0 Å². The minimum Gasteiger partial charge on any atom is -0.349 e. The molecule has 2 aromatic heterocycles. The molecule has 0 spiro atoms. The number of carbonyl (C=O) groups is 1. The molecular formula is C19H27ClN4O2. The fraction of sp³-hybridized carbons (Fsp3) is 0.632. The minimum atomic E-state index is -0.0531. The molecule has 1 amide bonds. The van der Waals surface area contributed by atoms with Gasteiger partial charge in [0, 0.05) is 18.3 Å². The van der Waals surface area contributed by atoms with Gasteiger partial charge in [-0.1, -0.05) is 25.4 Å². The highest BCUT2D eigenvalue weighted by Gasteiger charge is 2.40. The number of hydrogen-bond acceptors (Lipinski definition) is 5. The Labute approximate surface area is 159 Å². The number of nitrogens with zero attached hydrogens (tertiary/aromatic N) is 2. The molecule has 3 N–H and O–H groups in total. The van der Waals surface area contributed by atoms with Crippen LogP contribution in [0.4, 0.5) is 0 Å². The van der Waals surface area contributed by atoms with Crippen LogP contribution in [0.3, 0.4) is 0 Å². The maximum absolute atomic E-state index is 12.8. The van der Waals surface area contributed by atoms with Crippen LogP contribution >= 0.6 is 12.4 Å². The van der Waals surface area contributed by atoms with Crippen LogP contribution in [0.15, 0.2) is 16.8 Å². The Morgan fingerprint density at radius 2 is 2.00 bits per heavy atom. The van der Waals surface area contributed by atoms with Crippen molar-refractivity contribution in [3.05, 3.63) is 23.5 Å². The second-order valence-corrected chi connectivity index (χ2v) is 7.98. The van der Waals surface area contributed by atoms with Crippen molar-refractivity contribution in [1.29, 1.82) is 0 Å². The van der Waals surface area contributed by atoms with Gasteiger partial charge in [-0.3, -0.25) is 4.79 Å².